The molecule has 1 unspecified atom stereocenters. The number of hydrogen-bond acceptors (Lipinski definition) is 3. The van der Waals surface area contributed by atoms with Gasteiger partial charge in [0.05, 0.1) is 12.7 Å². The summed E-state index contributed by atoms with van der Waals surface area (Å²) in [7, 11) is 0. The second kappa shape index (κ2) is 7.56. The zero-order valence-electron chi connectivity index (χ0n) is 9.34. The number of ether oxygens (including phenoxy) is 2. The average Bonchev–Trinajstić information content (AvgIpc) is 2.16. The van der Waals surface area contributed by atoms with Crippen molar-refractivity contribution in [3.63, 3.8) is 0 Å². The molecule has 0 saturated heterocycles. The Morgan fingerprint density at radius 1 is 1.43 bits per heavy atom. The van der Waals surface area contributed by atoms with E-state index in [1.807, 2.05) is 6.92 Å². The van der Waals surface area contributed by atoms with Crippen molar-refractivity contribution in [3.8, 4) is 0 Å². The maximum Gasteiger partial charge on any atom is 0.333 e. The highest BCUT2D eigenvalue weighted by atomic mass is 16.5. The summed E-state index contributed by atoms with van der Waals surface area (Å²) in [6.07, 6.45) is 1.89. The summed E-state index contributed by atoms with van der Waals surface area (Å²) in [6, 6.07) is 0. The van der Waals surface area contributed by atoms with Gasteiger partial charge in [-0.15, -0.1) is 0 Å². The average molecular weight is 200 g/mol. The highest BCUT2D eigenvalue weighted by Crippen LogP contribution is 2.04. The van der Waals surface area contributed by atoms with E-state index in [1.165, 1.54) is 0 Å². The number of carbonyl (C=O) groups is 1. The Morgan fingerprint density at radius 3 is 2.50 bits per heavy atom. The molecule has 0 fully saturated rings. The molecule has 0 amide bonds. The third-order valence-corrected chi connectivity index (χ3v) is 1.88. The highest BCUT2D eigenvalue weighted by Gasteiger charge is 2.08. The van der Waals surface area contributed by atoms with Crippen molar-refractivity contribution in [1.82, 2.24) is 0 Å². The maximum absolute atomic E-state index is 11.0. The van der Waals surface area contributed by atoms with Crippen molar-refractivity contribution in [2.24, 2.45) is 0 Å². The lowest BCUT2D eigenvalue weighted by Gasteiger charge is -2.14. The fraction of sp³-hybridized carbons (Fsp3) is 0.727. The van der Waals surface area contributed by atoms with Crippen molar-refractivity contribution in [3.05, 3.63) is 12.2 Å². The van der Waals surface area contributed by atoms with Gasteiger partial charge in [0.1, 0.15) is 0 Å². The molecule has 0 spiro atoms. The lowest BCUT2D eigenvalue weighted by Crippen LogP contribution is -2.16. The van der Waals surface area contributed by atoms with Crippen LogP contribution in [0.25, 0.3) is 0 Å². The molecule has 0 heterocycles. The Labute approximate surface area is 86.1 Å². The lowest BCUT2D eigenvalue weighted by molar-refractivity contribution is -0.139. The molecule has 82 valence electrons. The summed E-state index contributed by atoms with van der Waals surface area (Å²) in [6.45, 7) is 10.3. The molecule has 0 rings (SSSR count). The van der Waals surface area contributed by atoms with Crippen molar-refractivity contribution in [2.45, 2.75) is 39.7 Å². The molecule has 1 atom stereocenters. The summed E-state index contributed by atoms with van der Waals surface area (Å²) in [5, 5.41) is 0. The van der Waals surface area contributed by atoms with Crippen LogP contribution in [0, 0.1) is 0 Å². The highest BCUT2D eigenvalue weighted by molar-refractivity contribution is 5.86. The lowest BCUT2D eigenvalue weighted by atomic mass is 10.2. The first kappa shape index (κ1) is 13.2. The molecule has 0 aliphatic rings. The third-order valence-electron chi connectivity index (χ3n) is 1.88. The predicted octanol–water partition coefficient (Wildman–Crippen LogP) is 2.31. The van der Waals surface area contributed by atoms with Gasteiger partial charge in [-0.05, 0) is 20.3 Å². The first-order valence-electron chi connectivity index (χ1n) is 5.06. The quantitative estimate of drug-likeness (QED) is 0.467. The minimum absolute atomic E-state index is 0.193. The van der Waals surface area contributed by atoms with Gasteiger partial charge < -0.3 is 9.47 Å². The summed E-state index contributed by atoms with van der Waals surface area (Å²) >= 11 is 0. The van der Waals surface area contributed by atoms with Crippen LogP contribution in [0.4, 0.5) is 0 Å². The Bertz CT molecular complexity index is 187. The van der Waals surface area contributed by atoms with Gasteiger partial charge in [-0.3, -0.25) is 0 Å². The van der Waals surface area contributed by atoms with E-state index in [9.17, 15) is 4.79 Å². The minimum Gasteiger partial charge on any atom is -0.462 e. The first-order valence-corrected chi connectivity index (χ1v) is 5.06. The fourth-order valence-electron chi connectivity index (χ4n) is 1.05. The molecule has 3 heteroatoms. The molecular formula is C11H20O3. The SMILES string of the molecule is C=C(C)C(=O)OCCC(CC)OCC. The molecule has 0 bridgehead atoms. The largest absolute Gasteiger partial charge is 0.462 e. The van der Waals surface area contributed by atoms with Gasteiger partial charge in [-0.1, -0.05) is 13.5 Å². The zero-order valence-corrected chi connectivity index (χ0v) is 9.34. The zero-order chi connectivity index (χ0) is 11.0. The minimum atomic E-state index is -0.323. The fourth-order valence-corrected chi connectivity index (χ4v) is 1.05. The molecule has 0 saturated carbocycles. The molecule has 0 aliphatic heterocycles. The Balaban J connectivity index is 3.60. The normalized spacial score (nSPS) is 12.2. The van der Waals surface area contributed by atoms with Gasteiger partial charge >= 0.3 is 5.97 Å². The maximum atomic E-state index is 11.0. The van der Waals surface area contributed by atoms with E-state index in [0.717, 1.165) is 12.8 Å². The summed E-state index contributed by atoms with van der Waals surface area (Å²) in [5.41, 5.74) is 0.439. The van der Waals surface area contributed by atoms with Crippen molar-refractivity contribution < 1.29 is 14.3 Å². The van der Waals surface area contributed by atoms with E-state index >= 15 is 0 Å². The molecule has 14 heavy (non-hydrogen) atoms. The van der Waals surface area contributed by atoms with Crippen LogP contribution in [-0.2, 0) is 14.3 Å². The summed E-state index contributed by atoms with van der Waals surface area (Å²) in [5.74, 6) is -0.323. The van der Waals surface area contributed by atoms with Crippen LogP contribution in [0.15, 0.2) is 12.2 Å². The van der Waals surface area contributed by atoms with Gasteiger partial charge in [0.2, 0.25) is 0 Å². The molecule has 3 nitrogen and oxygen atoms in total. The van der Waals surface area contributed by atoms with Gasteiger partial charge in [-0.2, -0.15) is 0 Å². The molecule has 0 aromatic heterocycles. The predicted molar refractivity (Wildman–Crippen MR) is 56.1 cm³/mol. The van der Waals surface area contributed by atoms with E-state index < -0.39 is 0 Å². The number of esters is 1. The summed E-state index contributed by atoms with van der Waals surface area (Å²) < 4.78 is 10.4. The Hall–Kier alpha value is -0.830. The monoisotopic (exact) mass is 200 g/mol. The molecule has 0 N–H and O–H groups in total. The van der Waals surface area contributed by atoms with Crippen LogP contribution in [0.3, 0.4) is 0 Å². The van der Waals surface area contributed by atoms with E-state index in [1.54, 1.807) is 6.92 Å². The Kier molecular flexibility index (Phi) is 7.11. The number of carbonyl (C=O) groups excluding carboxylic acids is 1. The van der Waals surface area contributed by atoms with Crippen molar-refractivity contribution in [2.75, 3.05) is 13.2 Å². The molecule has 0 aromatic rings. The van der Waals surface area contributed by atoms with Gasteiger partial charge in [-0.25, -0.2) is 4.79 Å². The van der Waals surface area contributed by atoms with Crippen LogP contribution >= 0.6 is 0 Å². The Morgan fingerprint density at radius 2 is 2.07 bits per heavy atom. The molecule has 0 radical (unpaired) electrons. The van der Waals surface area contributed by atoms with E-state index in [4.69, 9.17) is 9.47 Å². The van der Waals surface area contributed by atoms with Gasteiger partial charge in [0.25, 0.3) is 0 Å². The van der Waals surface area contributed by atoms with Crippen molar-refractivity contribution in [1.29, 1.82) is 0 Å². The first-order chi connectivity index (χ1) is 6.61. The molecular weight excluding hydrogens is 180 g/mol. The van der Waals surface area contributed by atoms with Gasteiger partial charge in [0.15, 0.2) is 0 Å². The smallest absolute Gasteiger partial charge is 0.333 e. The van der Waals surface area contributed by atoms with Crippen LogP contribution < -0.4 is 0 Å². The van der Waals surface area contributed by atoms with Crippen LogP contribution in [-0.4, -0.2) is 25.3 Å². The number of rotatable bonds is 7. The van der Waals surface area contributed by atoms with E-state index in [2.05, 4.69) is 13.5 Å². The second-order valence-corrected chi connectivity index (χ2v) is 3.19. The van der Waals surface area contributed by atoms with Crippen LogP contribution in [0.5, 0.6) is 0 Å². The van der Waals surface area contributed by atoms with Crippen LogP contribution in [0.1, 0.15) is 33.6 Å². The van der Waals surface area contributed by atoms with Crippen LogP contribution in [0.2, 0.25) is 0 Å². The standard InChI is InChI=1S/C11H20O3/c1-5-10(13-6-2)7-8-14-11(12)9(3)4/h10H,3,5-8H2,1-2,4H3. The second-order valence-electron chi connectivity index (χ2n) is 3.19. The topological polar surface area (TPSA) is 35.5 Å². The van der Waals surface area contributed by atoms with E-state index in [0.29, 0.717) is 18.8 Å². The summed E-state index contributed by atoms with van der Waals surface area (Å²) in [4.78, 5) is 11.0. The van der Waals surface area contributed by atoms with E-state index in [-0.39, 0.29) is 12.1 Å². The van der Waals surface area contributed by atoms with Crippen molar-refractivity contribution >= 4 is 5.97 Å². The van der Waals surface area contributed by atoms with Gasteiger partial charge in [0, 0.05) is 18.6 Å². The molecule has 0 aliphatic carbocycles. The third kappa shape index (κ3) is 5.75. The number of hydrogen-bond donors (Lipinski definition) is 0. The molecule has 0 aromatic carbocycles.